The number of hydrogen-bond acceptors (Lipinski definition) is 6. The first-order valence-corrected chi connectivity index (χ1v) is 8.60. The Morgan fingerprint density at radius 2 is 1.85 bits per heavy atom. The normalized spacial score (nSPS) is 12.8. The quantitative estimate of drug-likeness (QED) is 0.596. The maximum Gasteiger partial charge on any atom is 0.331 e. The van der Waals surface area contributed by atoms with Gasteiger partial charge >= 0.3 is 11.9 Å². The number of carbonyl (C=O) groups is 3. The number of fused-ring (bicyclic) bond motifs is 1. The van der Waals surface area contributed by atoms with E-state index in [0.29, 0.717) is 29.3 Å². The van der Waals surface area contributed by atoms with Crippen molar-refractivity contribution >= 4 is 29.2 Å². The van der Waals surface area contributed by atoms with Gasteiger partial charge in [-0.3, -0.25) is 4.79 Å². The molecule has 27 heavy (non-hydrogen) atoms. The number of carbonyl (C=O) groups excluding carboxylic acids is 3. The van der Waals surface area contributed by atoms with Crippen LogP contribution in [0.3, 0.4) is 0 Å². The van der Waals surface area contributed by atoms with E-state index < -0.39 is 11.9 Å². The number of hydrogen-bond donors (Lipinski definition) is 0. The first-order valence-electron chi connectivity index (χ1n) is 8.60. The predicted octanol–water partition coefficient (Wildman–Crippen LogP) is 2.39. The Hall–Kier alpha value is -3.35. The van der Waals surface area contributed by atoms with Gasteiger partial charge in [0, 0.05) is 19.2 Å². The molecule has 1 aliphatic rings. The van der Waals surface area contributed by atoms with E-state index in [-0.39, 0.29) is 19.0 Å². The summed E-state index contributed by atoms with van der Waals surface area (Å²) in [7, 11) is 1.69. The fourth-order valence-electron chi connectivity index (χ4n) is 2.78. The van der Waals surface area contributed by atoms with Gasteiger partial charge in [-0.25, -0.2) is 9.59 Å². The first kappa shape index (κ1) is 18.4. The summed E-state index contributed by atoms with van der Waals surface area (Å²) < 4.78 is 10.5. The topological polar surface area (TPSA) is 76.2 Å². The van der Waals surface area contributed by atoms with Gasteiger partial charge in [-0.15, -0.1) is 0 Å². The fourth-order valence-corrected chi connectivity index (χ4v) is 2.78. The summed E-state index contributed by atoms with van der Waals surface area (Å²) in [5.74, 6) is -0.126. The molecule has 0 unspecified atom stereocenters. The van der Waals surface area contributed by atoms with E-state index in [1.54, 1.807) is 66.2 Å². The van der Waals surface area contributed by atoms with Crippen molar-refractivity contribution in [3.8, 4) is 11.5 Å². The van der Waals surface area contributed by atoms with Crippen LogP contribution < -0.4 is 19.3 Å². The minimum absolute atomic E-state index is 0.00426. The molecular formula is C20H20N2O5. The van der Waals surface area contributed by atoms with E-state index in [2.05, 4.69) is 0 Å². The van der Waals surface area contributed by atoms with Gasteiger partial charge in [0.15, 0.2) is 5.75 Å². The van der Waals surface area contributed by atoms with Crippen molar-refractivity contribution in [3.63, 3.8) is 0 Å². The van der Waals surface area contributed by atoms with Gasteiger partial charge in [-0.1, -0.05) is 19.1 Å². The van der Waals surface area contributed by atoms with Crippen molar-refractivity contribution in [2.75, 3.05) is 29.9 Å². The average molecular weight is 368 g/mol. The predicted molar refractivity (Wildman–Crippen MR) is 100 cm³/mol. The number of benzene rings is 2. The van der Waals surface area contributed by atoms with Crippen LogP contribution in [0.15, 0.2) is 48.5 Å². The molecule has 1 aliphatic heterocycles. The molecule has 0 saturated carbocycles. The minimum Gasteiger partial charge on any atom is -0.425 e. The SMILES string of the molecule is CCC(=O)N(C)c1ccc(OC(=O)CN2CC(=O)Oc3ccccc32)cc1. The Morgan fingerprint density at radius 3 is 2.56 bits per heavy atom. The van der Waals surface area contributed by atoms with Crippen LogP contribution in [0.2, 0.25) is 0 Å². The maximum atomic E-state index is 12.3. The monoisotopic (exact) mass is 368 g/mol. The fraction of sp³-hybridized carbons (Fsp3) is 0.250. The molecule has 1 amide bonds. The van der Waals surface area contributed by atoms with Gasteiger partial charge in [0.05, 0.1) is 5.69 Å². The number of para-hydroxylation sites is 2. The lowest BCUT2D eigenvalue weighted by molar-refractivity contribution is -0.134. The standard InChI is InChI=1S/C20H20N2O5/c1-3-18(23)21(2)14-8-10-15(11-9-14)26-19(24)12-22-13-20(25)27-17-7-5-4-6-16(17)22/h4-11H,3,12-13H2,1-2H3. The smallest absolute Gasteiger partial charge is 0.331 e. The van der Waals surface area contributed by atoms with Gasteiger partial charge in [0.2, 0.25) is 5.91 Å². The lowest BCUT2D eigenvalue weighted by Crippen LogP contribution is -2.41. The second kappa shape index (κ2) is 7.90. The lowest BCUT2D eigenvalue weighted by Gasteiger charge is -2.28. The van der Waals surface area contributed by atoms with Gasteiger partial charge < -0.3 is 19.3 Å². The molecule has 7 heteroatoms. The van der Waals surface area contributed by atoms with E-state index in [0.717, 1.165) is 0 Å². The molecule has 3 rings (SSSR count). The summed E-state index contributed by atoms with van der Waals surface area (Å²) in [5.41, 5.74) is 1.39. The number of rotatable bonds is 5. The summed E-state index contributed by atoms with van der Waals surface area (Å²) in [6.45, 7) is 1.70. The highest BCUT2D eigenvalue weighted by Crippen LogP contribution is 2.31. The molecule has 1 heterocycles. The zero-order valence-electron chi connectivity index (χ0n) is 15.2. The van der Waals surface area contributed by atoms with Crippen molar-refractivity contribution in [3.05, 3.63) is 48.5 Å². The summed E-state index contributed by atoms with van der Waals surface area (Å²) >= 11 is 0. The second-order valence-electron chi connectivity index (χ2n) is 6.07. The van der Waals surface area contributed by atoms with Crippen molar-refractivity contribution in [2.24, 2.45) is 0 Å². The van der Waals surface area contributed by atoms with Crippen LogP contribution in [-0.2, 0) is 14.4 Å². The molecule has 0 saturated heterocycles. The van der Waals surface area contributed by atoms with Crippen molar-refractivity contribution in [2.45, 2.75) is 13.3 Å². The molecular weight excluding hydrogens is 348 g/mol. The largest absolute Gasteiger partial charge is 0.425 e. The molecule has 0 atom stereocenters. The lowest BCUT2D eigenvalue weighted by atomic mass is 10.2. The third-order valence-electron chi connectivity index (χ3n) is 4.20. The molecule has 2 aromatic carbocycles. The van der Waals surface area contributed by atoms with E-state index in [1.807, 2.05) is 6.07 Å². The van der Waals surface area contributed by atoms with Crippen LogP contribution >= 0.6 is 0 Å². The Kier molecular flexibility index (Phi) is 5.40. The molecule has 0 radical (unpaired) electrons. The number of anilines is 2. The summed E-state index contributed by atoms with van der Waals surface area (Å²) in [6, 6.07) is 13.7. The van der Waals surface area contributed by atoms with Crippen molar-refractivity contribution in [1.82, 2.24) is 0 Å². The second-order valence-corrected chi connectivity index (χ2v) is 6.07. The summed E-state index contributed by atoms with van der Waals surface area (Å²) in [5, 5.41) is 0. The molecule has 0 N–H and O–H groups in total. The van der Waals surface area contributed by atoms with E-state index >= 15 is 0 Å². The van der Waals surface area contributed by atoms with Gasteiger partial charge in [0.25, 0.3) is 0 Å². The number of esters is 2. The van der Waals surface area contributed by atoms with E-state index in [9.17, 15) is 14.4 Å². The maximum absolute atomic E-state index is 12.3. The molecule has 7 nitrogen and oxygen atoms in total. The molecule has 0 bridgehead atoms. The van der Waals surface area contributed by atoms with Gasteiger partial charge in [0.1, 0.15) is 18.8 Å². The van der Waals surface area contributed by atoms with Crippen LogP contribution in [0, 0.1) is 0 Å². The minimum atomic E-state index is -0.495. The third-order valence-corrected chi connectivity index (χ3v) is 4.20. The Morgan fingerprint density at radius 1 is 1.15 bits per heavy atom. The molecule has 0 spiro atoms. The van der Waals surface area contributed by atoms with Crippen LogP contribution in [0.4, 0.5) is 11.4 Å². The average Bonchev–Trinajstić information content (AvgIpc) is 2.67. The Bertz CT molecular complexity index is 863. The highest BCUT2D eigenvalue weighted by atomic mass is 16.5. The van der Waals surface area contributed by atoms with Gasteiger partial charge in [-0.05, 0) is 36.4 Å². The molecule has 0 fully saturated rings. The molecule has 0 aliphatic carbocycles. The van der Waals surface area contributed by atoms with E-state index in [4.69, 9.17) is 9.47 Å². The zero-order valence-corrected chi connectivity index (χ0v) is 15.2. The summed E-state index contributed by atoms with van der Waals surface area (Å²) in [6.07, 6.45) is 0.410. The molecule has 0 aromatic heterocycles. The van der Waals surface area contributed by atoms with Crippen LogP contribution in [0.1, 0.15) is 13.3 Å². The Labute approximate surface area is 157 Å². The summed E-state index contributed by atoms with van der Waals surface area (Å²) in [4.78, 5) is 38.9. The number of amides is 1. The van der Waals surface area contributed by atoms with Crippen molar-refractivity contribution in [1.29, 1.82) is 0 Å². The first-order chi connectivity index (χ1) is 13.0. The van der Waals surface area contributed by atoms with E-state index in [1.165, 1.54) is 0 Å². The Balaban J connectivity index is 1.65. The highest BCUT2D eigenvalue weighted by Gasteiger charge is 2.25. The van der Waals surface area contributed by atoms with Gasteiger partial charge in [-0.2, -0.15) is 0 Å². The van der Waals surface area contributed by atoms with Crippen molar-refractivity contribution < 1.29 is 23.9 Å². The van der Waals surface area contributed by atoms with Crippen LogP contribution in [0.25, 0.3) is 0 Å². The molecule has 140 valence electrons. The third kappa shape index (κ3) is 4.25. The zero-order chi connectivity index (χ0) is 19.4. The number of ether oxygens (including phenoxy) is 2. The van der Waals surface area contributed by atoms with Crippen LogP contribution in [0.5, 0.6) is 11.5 Å². The highest BCUT2D eigenvalue weighted by molar-refractivity contribution is 5.92. The number of nitrogens with zero attached hydrogens (tertiary/aromatic N) is 2. The molecule has 2 aromatic rings. The van der Waals surface area contributed by atoms with Crippen LogP contribution in [-0.4, -0.2) is 38.0 Å².